The van der Waals surface area contributed by atoms with Gasteiger partial charge in [-0.25, -0.2) is 0 Å². The maximum atomic E-state index is 12.4. The van der Waals surface area contributed by atoms with Crippen molar-refractivity contribution in [1.29, 1.82) is 0 Å². The second kappa shape index (κ2) is 6.77. The molecule has 150 valence electrons. The first-order valence-corrected chi connectivity index (χ1v) is 9.86. The van der Waals surface area contributed by atoms with E-state index in [1.54, 1.807) is 25.4 Å². The molecule has 0 aliphatic carbocycles. The number of methoxy groups -OCH3 is 1. The fourth-order valence-electron chi connectivity index (χ4n) is 5.10. The maximum absolute atomic E-state index is 12.4. The summed E-state index contributed by atoms with van der Waals surface area (Å²) in [5.41, 5.74) is 2.69. The Morgan fingerprint density at radius 2 is 2.10 bits per heavy atom. The number of pyridine rings is 1. The third kappa shape index (κ3) is 2.93. The number of carboxylic acids is 1. The van der Waals surface area contributed by atoms with Gasteiger partial charge in [0.2, 0.25) is 0 Å². The van der Waals surface area contributed by atoms with Crippen LogP contribution < -0.4 is 10.3 Å². The maximum Gasteiger partial charge on any atom is 0.325 e. The molecule has 1 aromatic carbocycles. The normalized spacial score (nSPS) is 22.2. The molecular weight excluding hydrogens is 370 g/mol. The number of fused-ring (bicyclic) bond motifs is 5. The SMILES string of the molecule is COc1ccc2[nH]cc([C@H](C(=O)O)N3C[C@H]4C[C@H](C3)c3cccc(=O)n3C4)c2c1. The molecule has 0 saturated carbocycles. The zero-order valence-corrected chi connectivity index (χ0v) is 16.2. The summed E-state index contributed by atoms with van der Waals surface area (Å²) in [6.07, 6.45) is 2.79. The summed E-state index contributed by atoms with van der Waals surface area (Å²) < 4.78 is 7.20. The van der Waals surface area contributed by atoms with E-state index in [1.165, 1.54) is 0 Å². The number of aromatic nitrogens is 2. The minimum Gasteiger partial charge on any atom is -0.497 e. The molecular formula is C22H23N3O4. The number of rotatable bonds is 4. The molecule has 3 atom stereocenters. The van der Waals surface area contributed by atoms with Crippen LogP contribution in [0.15, 0.2) is 47.4 Å². The van der Waals surface area contributed by atoms with Gasteiger partial charge in [0.05, 0.1) is 7.11 Å². The van der Waals surface area contributed by atoms with Crippen molar-refractivity contribution in [2.45, 2.75) is 24.9 Å². The minimum atomic E-state index is -0.862. The number of aromatic amines is 1. The first-order valence-electron chi connectivity index (χ1n) is 9.86. The molecule has 5 rings (SSSR count). The van der Waals surface area contributed by atoms with Crippen molar-refractivity contribution in [2.75, 3.05) is 20.2 Å². The van der Waals surface area contributed by atoms with Gasteiger partial charge in [0, 0.05) is 60.0 Å². The van der Waals surface area contributed by atoms with E-state index in [0.29, 0.717) is 25.4 Å². The Labute approximate surface area is 167 Å². The average Bonchev–Trinajstić information content (AvgIpc) is 3.11. The van der Waals surface area contributed by atoms with E-state index in [2.05, 4.69) is 9.88 Å². The summed E-state index contributed by atoms with van der Waals surface area (Å²) in [6.45, 7) is 1.93. The number of hydrogen-bond donors (Lipinski definition) is 2. The summed E-state index contributed by atoms with van der Waals surface area (Å²) in [5, 5.41) is 11.0. The highest BCUT2D eigenvalue weighted by atomic mass is 16.5. The van der Waals surface area contributed by atoms with Gasteiger partial charge in [-0.2, -0.15) is 0 Å². The van der Waals surface area contributed by atoms with Gasteiger partial charge in [-0.15, -0.1) is 0 Å². The summed E-state index contributed by atoms with van der Waals surface area (Å²) >= 11 is 0. The monoisotopic (exact) mass is 393 g/mol. The molecule has 1 saturated heterocycles. The van der Waals surface area contributed by atoms with E-state index >= 15 is 0 Å². The predicted molar refractivity (Wildman–Crippen MR) is 108 cm³/mol. The number of benzene rings is 1. The van der Waals surface area contributed by atoms with Crippen LogP contribution in [0.4, 0.5) is 0 Å². The van der Waals surface area contributed by atoms with E-state index in [9.17, 15) is 14.7 Å². The number of nitrogens with one attached hydrogen (secondary N) is 1. The van der Waals surface area contributed by atoms with Gasteiger partial charge in [-0.1, -0.05) is 6.07 Å². The summed E-state index contributed by atoms with van der Waals surface area (Å²) in [4.78, 5) is 29.9. The smallest absolute Gasteiger partial charge is 0.325 e. The van der Waals surface area contributed by atoms with Crippen LogP contribution in [0.1, 0.15) is 29.6 Å². The minimum absolute atomic E-state index is 0.0316. The number of likely N-dealkylation sites (tertiary alicyclic amines) is 1. The summed E-state index contributed by atoms with van der Waals surface area (Å²) in [7, 11) is 1.60. The molecule has 7 nitrogen and oxygen atoms in total. The molecule has 0 radical (unpaired) electrons. The van der Waals surface area contributed by atoms with Crippen LogP contribution in [-0.2, 0) is 11.3 Å². The zero-order valence-electron chi connectivity index (χ0n) is 16.2. The highest BCUT2D eigenvalue weighted by Crippen LogP contribution is 2.40. The lowest BCUT2D eigenvalue weighted by atomic mass is 9.82. The highest BCUT2D eigenvalue weighted by Gasteiger charge is 2.40. The first-order chi connectivity index (χ1) is 14.0. The standard InChI is InChI=1S/C22H23N3O4/c1-29-15-5-6-18-16(8-15)17(9-23-18)21(22(27)28)24-10-13-7-14(12-24)19-3-2-4-20(26)25(19)11-13/h2-6,8-9,13-14,21,23H,7,10-12H2,1H3,(H,27,28)/t13-,14-,21-/m1/s1. The van der Waals surface area contributed by atoms with Gasteiger partial charge in [-0.3, -0.25) is 14.5 Å². The van der Waals surface area contributed by atoms with E-state index in [0.717, 1.165) is 28.6 Å². The van der Waals surface area contributed by atoms with Crippen LogP contribution >= 0.6 is 0 Å². The van der Waals surface area contributed by atoms with Gasteiger partial charge >= 0.3 is 5.97 Å². The molecule has 3 aromatic rings. The Balaban J connectivity index is 1.54. The molecule has 4 heterocycles. The van der Waals surface area contributed by atoms with Crippen LogP contribution in [0.25, 0.3) is 10.9 Å². The summed E-state index contributed by atoms with van der Waals surface area (Å²) in [5.74, 6) is 0.270. The molecule has 2 aliphatic heterocycles. The second-order valence-corrected chi connectivity index (χ2v) is 8.05. The Kier molecular flexibility index (Phi) is 4.20. The number of H-pyrrole nitrogens is 1. The largest absolute Gasteiger partial charge is 0.497 e. The molecule has 0 spiro atoms. The lowest BCUT2D eigenvalue weighted by Crippen LogP contribution is -2.49. The van der Waals surface area contributed by atoms with Crippen LogP contribution in [0.3, 0.4) is 0 Å². The van der Waals surface area contributed by atoms with Crippen LogP contribution in [0.5, 0.6) is 5.75 Å². The van der Waals surface area contributed by atoms with Crippen molar-refractivity contribution >= 4 is 16.9 Å². The number of aliphatic carboxylic acids is 1. The first kappa shape index (κ1) is 18.0. The van der Waals surface area contributed by atoms with Gasteiger partial charge in [-0.05, 0) is 36.6 Å². The van der Waals surface area contributed by atoms with Gasteiger partial charge < -0.3 is 19.4 Å². The molecule has 0 unspecified atom stereocenters. The van der Waals surface area contributed by atoms with Crippen molar-refractivity contribution < 1.29 is 14.6 Å². The number of piperidine rings is 1. The Bertz CT molecular complexity index is 1150. The topological polar surface area (TPSA) is 87.6 Å². The molecule has 1 fully saturated rings. The molecule has 0 amide bonds. The molecule has 29 heavy (non-hydrogen) atoms. The van der Waals surface area contributed by atoms with Gasteiger partial charge in [0.25, 0.3) is 5.56 Å². The number of carbonyl (C=O) groups is 1. The molecule has 7 heteroatoms. The highest BCUT2D eigenvalue weighted by molar-refractivity contribution is 5.90. The quantitative estimate of drug-likeness (QED) is 0.711. The summed E-state index contributed by atoms with van der Waals surface area (Å²) in [6, 6.07) is 10.3. The van der Waals surface area contributed by atoms with Crippen molar-refractivity contribution in [3.63, 3.8) is 0 Å². The Hall–Kier alpha value is -3.06. The molecule has 2 aromatic heterocycles. The zero-order chi connectivity index (χ0) is 20.1. The Morgan fingerprint density at radius 1 is 1.24 bits per heavy atom. The van der Waals surface area contributed by atoms with Crippen molar-refractivity contribution in [3.8, 4) is 5.75 Å². The van der Waals surface area contributed by atoms with Crippen molar-refractivity contribution in [3.05, 3.63) is 64.2 Å². The third-order valence-electron chi connectivity index (χ3n) is 6.32. The van der Waals surface area contributed by atoms with Gasteiger partial charge in [0.1, 0.15) is 11.8 Å². The molecule has 2 N–H and O–H groups in total. The number of ether oxygens (including phenoxy) is 1. The fraction of sp³-hybridized carbons (Fsp3) is 0.364. The van der Waals surface area contributed by atoms with E-state index < -0.39 is 12.0 Å². The number of carboxylic acid groups (broad SMARTS) is 1. The lowest BCUT2D eigenvalue weighted by molar-refractivity contribution is -0.144. The van der Waals surface area contributed by atoms with E-state index in [4.69, 9.17) is 4.74 Å². The number of hydrogen-bond acceptors (Lipinski definition) is 4. The average molecular weight is 393 g/mol. The Morgan fingerprint density at radius 3 is 2.90 bits per heavy atom. The van der Waals surface area contributed by atoms with Crippen molar-refractivity contribution in [2.24, 2.45) is 5.92 Å². The van der Waals surface area contributed by atoms with Crippen LogP contribution in [0, 0.1) is 5.92 Å². The van der Waals surface area contributed by atoms with Crippen molar-refractivity contribution in [1.82, 2.24) is 14.5 Å². The van der Waals surface area contributed by atoms with E-state index in [-0.39, 0.29) is 17.4 Å². The molecule has 2 aliphatic rings. The number of nitrogens with zero attached hydrogens (tertiary/aromatic N) is 2. The van der Waals surface area contributed by atoms with E-state index in [1.807, 2.05) is 28.8 Å². The lowest BCUT2D eigenvalue weighted by Gasteiger charge is -2.44. The van der Waals surface area contributed by atoms with Crippen LogP contribution in [0.2, 0.25) is 0 Å². The third-order valence-corrected chi connectivity index (χ3v) is 6.32. The predicted octanol–water partition coefficient (Wildman–Crippen LogP) is 2.58. The van der Waals surface area contributed by atoms with Crippen LogP contribution in [-0.4, -0.2) is 45.7 Å². The molecule has 2 bridgehead atoms. The fourth-order valence-corrected chi connectivity index (χ4v) is 5.10. The van der Waals surface area contributed by atoms with Gasteiger partial charge in [0.15, 0.2) is 0 Å². The second-order valence-electron chi connectivity index (χ2n) is 8.05.